The second-order valence-corrected chi connectivity index (χ2v) is 3.57. The lowest BCUT2D eigenvalue weighted by Crippen LogP contribution is -2.06. The first kappa shape index (κ1) is 9.61. The summed E-state index contributed by atoms with van der Waals surface area (Å²) >= 11 is 3.18. The van der Waals surface area contributed by atoms with E-state index in [-0.39, 0.29) is 6.42 Å². The molecule has 1 aromatic rings. The van der Waals surface area contributed by atoms with Crippen LogP contribution in [0.2, 0.25) is 0 Å². The molecule has 4 heteroatoms. The molecule has 0 saturated carbocycles. The molecule has 0 saturated heterocycles. The van der Waals surface area contributed by atoms with Crippen LogP contribution in [0, 0.1) is 5.95 Å². The van der Waals surface area contributed by atoms with E-state index in [0.717, 1.165) is 4.47 Å². The molecular formula is C8H9BrFNO. The van der Waals surface area contributed by atoms with E-state index in [2.05, 4.69) is 20.9 Å². The van der Waals surface area contributed by atoms with Gasteiger partial charge < -0.3 is 5.11 Å². The molecule has 66 valence electrons. The number of halogens is 2. The maximum atomic E-state index is 12.9. The highest BCUT2D eigenvalue weighted by Crippen LogP contribution is 2.14. The third-order valence-corrected chi connectivity index (χ3v) is 1.83. The summed E-state index contributed by atoms with van der Waals surface area (Å²) in [6.07, 6.45) is 1.13. The van der Waals surface area contributed by atoms with Gasteiger partial charge in [0.05, 0.1) is 6.10 Å². The summed E-state index contributed by atoms with van der Waals surface area (Å²) in [6.45, 7) is 1.61. The van der Waals surface area contributed by atoms with Crippen LogP contribution >= 0.6 is 15.9 Å². The van der Waals surface area contributed by atoms with Gasteiger partial charge in [-0.15, -0.1) is 0 Å². The van der Waals surface area contributed by atoms with Crippen LogP contribution in [0.3, 0.4) is 0 Å². The second kappa shape index (κ2) is 3.96. The molecule has 0 fully saturated rings. The standard InChI is InChI=1S/C8H9BrFNO/c1-5(12)2-6-3-7(9)4-11-8(6)10/h3-5,12H,2H2,1H3/t5-/m1/s1. The molecule has 1 heterocycles. The van der Waals surface area contributed by atoms with Gasteiger partial charge in [0.15, 0.2) is 0 Å². The zero-order valence-corrected chi connectivity index (χ0v) is 8.18. The predicted octanol–water partition coefficient (Wildman–Crippen LogP) is 1.91. The van der Waals surface area contributed by atoms with Crippen LogP contribution in [0.1, 0.15) is 12.5 Å². The van der Waals surface area contributed by atoms with E-state index in [4.69, 9.17) is 5.11 Å². The molecule has 1 N–H and O–H groups in total. The summed E-state index contributed by atoms with van der Waals surface area (Å²) < 4.78 is 13.6. The van der Waals surface area contributed by atoms with Gasteiger partial charge >= 0.3 is 0 Å². The number of aromatic nitrogens is 1. The summed E-state index contributed by atoms with van der Waals surface area (Å²) in [6, 6.07) is 1.62. The molecular weight excluding hydrogens is 225 g/mol. The summed E-state index contributed by atoms with van der Waals surface area (Å²) in [5, 5.41) is 9.01. The smallest absolute Gasteiger partial charge is 0.216 e. The van der Waals surface area contributed by atoms with Gasteiger partial charge in [-0.05, 0) is 28.9 Å². The van der Waals surface area contributed by atoms with E-state index < -0.39 is 12.1 Å². The fourth-order valence-electron chi connectivity index (χ4n) is 0.926. The van der Waals surface area contributed by atoms with Crippen molar-refractivity contribution in [2.24, 2.45) is 0 Å². The Balaban J connectivity index is 2.90. The average molecular weight is 234 g/mol. The van der Waals surface area contributed by atoms with Gasteiger partial charge in [-0.3, -0.25) is 0 Å². The van der Waals surface area contributed by atoms with Gasteiger partial charge in [-0.25, -0.2) is 4.98 Å². The highest BCUT2D eigenvalue weighted by molar-refractivity contribution is 9.10. The molecule has 0 unspecified atom stereocenters. The number of pyridine rings is 1. The average Bonchev–Trinajstić information content (AvgIpc) is 1.96. The fourth-order valence-corrected chi connectivity index (χ4v) is 1.30. The minimum Gasteiger partial charge on any atom is -0.393 e. The Labute approximate surface area is 78.6 Å². The first-order valence-corrected chi connectivity index (χ1v) is 4.37. The Morgan fingerprint density at radius 1 is 1.75 bits per heavy atom. The Morgan fingerprint density at radius 2 is 2.42 bits per heavy atom. The van der Waals surface area contributed by atoms with Gasteiger partial charge in [-0.2, -0.15) is 4.39 Å². The van der Waals surface area contributed by atoms with E-state index >= 15 is 0 Å². The van der Waals surface area contributed by atoms with Crippen LogP contribution in [0.5, 0.6) is 0 Å². The first-order valence-electron chi connectivity index (χ1n) is 3.57. The fraction of sp³-hybridized carbons (Fsp3) is 0.375. The molecule has 0 aromatic carbocycles. The van der Waals surface area contributed by atoms with Crippen molar-refractivity contribution >= 4 is 15.9 Å². The minimum absolute atomic E-state index is 0.290. The van der Waals surface area contributed by atoms with Crippen molar-refractivity contribution in [1.82, 2.24) is 4.98 Å². The van der Waals surface area contributed by atoms with E-state index in [1.165, 1.54) is 6.20 Å². The van der Waals surface area contributed by atoms with Crippen molar-refractivity contribution in [1.29, 1.82) is 0 Å². The molecule has 0 bridgehead atoms. The molecule has 0 aliphatic carbocycles. The molecule has 0 radical (unpaired) electrons. The van der Waals surface area contributed by atoms with Crippen molar-refractivity contribution in [2.45, 2.75) is 19.4 Å². The molecule has 12 heavy (non-hydrogen) atoms. The summed E-state index contributed by atoms with van der Waals surface area (Å²) in [4.78, 5) is 3.51. The van der Waals surface area contributed by atoms with Gasteiger partial charge in [0, 0.05) is 22.7 Å². The topological polar surface area (TPSA) is 33.1 Å². The van der Waals surface area contributed by atoms with Crippen LogP contribution in [0.4, 0.5) is 4.39 Å². The summed E-state index contributed by atoms with van der Waals surface area (Å²) in [5.74, 6) is -0.515. The highest BCUT2D eigenvalue weighted by atomic mass is 79.9. The molecule has 2 nitrogen and oxygen atoms in total. The molecule has 0 aliphatic heterocycles. The zero-order chi connectivity index (χ0) is 9.14. The van der Waals surface area contributed by atoms with Crippen molar-refractivity contribution < 1.29 is 9.50 Å². The number of aliphatic hydroxyl groups excluding tert-OH is 1. The Bertz CT molecular complexity index is 278. The first-order chi connectivity index (χ1) is 5.59. The van der Waals surface area contributed by atoms with Gasteiger partial charge in [-0.1, -0.05) is 0 Å². The summed E-state index contributed by atoms with van der Waals surface area (Å²) in [5.41, 5.74) is 0.430. The largest absolute Gasteiger partial charge is 0.393 e. The van der Waals surface area contributed by atoms with E-state index in [1.54, 1.807) is 13.0 Å². The normalized spacial score (nSPS) is 13.0. The number of hydrogen-bond donors (Lipinski definition) is 1. The second-order valence-electron chi connectivity index (χ2n) is 2.66. The van der Waals surface area contributed by atoms with Gasteiger partial charge in [0.25, 0.3) is 0 Å². The molecule has 1 aromatic heterocycles. The van der Waals surface area contributed by atoms with Crippen LogP contribution in [0.25, 0.3) is 0 Å². The SMILES string of the molecule is C[C@@H](O)Cc1cc(Br)cnc1F. The maximum Gasteiger partial charge on any atom is 0.216 e. The van der Waals surface area contributed by atoms with Gasteiger partial charge in [0.1, 0.15) is 0 Å². The molecule has 1 rings (SSSR count). The van der Waals surface area contributed by atoms with Crippen LogP contribution in [-0.4, -0.2) is 16.2 Å². The maximum absolute atomic E-state index is 12.9. The molecule has 1 atom stereocenters. The third kappa shape index (κ3) is 2.53. The van der Waals surface area contributed by atoms with Crippen LogP contribution in [-0.2, 0) is 6.42 Å². The third-order valence-electron chi connectivity index (χ3n) is 1.39. The number of rotatable bonds is 2. The zero-order valence-electron chi connectivity index (χ0n) is 6.59. The van der Waals surface area contributed by atoms with E-state index in [0.29, 0.717) is 5.56 Å². The molecule has 0 aliphatic rings. The number of aliphatic hydroxyl groups is 1. The molecule has 0 amide bonds. The predicted molar refractivity (Wildman–Crippen MR) is 47.3 cm³/mol. The van der Waals surface area contributed by atoms with E-state index in [9.17, 15) is 4.39 Å². The van der Waals surface area contributed by atoms with Crippen LogP contribution in [0.15, 0.2) is 16.7 Å². The van der Waals surface area contributed by atoms with Crippen LogP contribution < -0.4 is 0 Å². The van der Waals surface area contributed by atoms with E-state index in [1.807, 2.05) is 0 Å². The minimum atomic E-state index is -0.546. The molecule has 0 spiro atoms. The quantitative estimate of drug-likeness (QED) is 0.793. The lowest BCUT2D eigenvalue weighted by molar-refractivity contribution is 0.193. The Hall–Kier alpha value is -0.480. The monoisotopic (exact) mass is 233 g/mol. The number of hydrogen-bond acceptors (Lipinski definition) is 2. The summed E-state index contributed by atoms with van der Waals surface area (Å²) in [7, 11) is 0. The Kier molecular flexibility index (Phi) is 3.17. The Morgan fingerprint density at radius 3 is 3.00 bits per heavy atom. The lowest BCUT2D eigenvalue weighted by Gasteiger charge is -2.04. The number of nitrogens with zero attached hydrogens (tertiary/aromatic N) is 1. The van der Waals surface area contributed by atoms with Crippen molar-refractivity contribution in [3.05, 3.63) is 28.2 Å². The van der Waals surface area contributed by atoms with Crippen molar-refractivity contribution in [2.75, 3.05) is 0 Å². The van der Waals surface area contributed by atoms with Crippen molar-refractivity contribution in [3.63, 3.8) is 0 Å². The highest BCUT2D eigenvalue weighted by Gasteiger charge is 2.06. The van der Waals surface area contributed by atoms with Crippen molar-refractivity contribution in [3.8, 4) is 0 Å². The lowest BCUT2D eigenvalue weighted by atomic mass is 10.1. The van der Waals surface area contributed by atoms with Gasteiger partial charge in [0.2, 0.25) is 5.95 Å².